The Balaban J connectivity index is 3.05. The lowest BCUT2D eigenvalue weighted by Crippen LogP contribution is -2.46. The van der Waals surface area contributed by atoms with Crippen molar-refractivity contribution in [3.63, 3.8) is 0 Å². The van der Waals surface area contributed by atoms with Crippen molar-refractivity contribution in [2.75, 3.05) is 13.7 Å². The van der Waals surface area contributed by atoms with Gasteiger partial charge in [0.05, 0.1) is 5.92 Å². The molecule has 0 saturated carbocycles. The highest BCUT2D eigenvalue weighted by Gasteiger charge is 2.35. The topological polar surface area (TPSA) is 100 Å². The summed E-state index contributed by atoms with van der Waals surface area (Å²) in [6, 6.07) is 5.08. The van der Waals surface area contributed by atoms with Crippen LogP contribution >= 0.6 is 0 Å². The highest BCUT2D eigenvalue weighted by Crippen LogP contribution is 2.25. The van der Waals surface area contributed by atoms with Crippen molar-refractivity contribution in [2.24, 2.45) is 11.8 Å². The highest BCUT2D eigenvalue weighted by molar-refractivity contribution is 5.81. The van der Waals surface area contributed by atoms with Crippen LogP contribution in [-0.2, 0) is 35.0 Å². The van der Waals surface area contributed by atoms with E-state index in [1.807, 2.05) is 0 Å². The summed E-state index contributed by atoms with van der Waals surface area (Å²) >= 11 is 0. The van der Waals surface area contributed by atoms with Gasteiger partial charge in [-0.25, -0.2) is 14.0 Å². The molecule has 9 heteroatoms. The number of rotatable bonds is 12. The van der Waals surface area contributed by atoms with Gasteiger partial charge in [-0.1, -0.05) is 26.0 Å². The summed E-state index contributed by atoms with van der Waals surface area (Å²) in [5.41, 5.74) is 0.128. The van der Waals surface area contributed by atoms with Gasteiger partial charge in [0.25, 0.3) is 0 Å². The molecule has 0 aliphatic rings. The minimum atomic E-state index is -0.983. The van der Waals surface area contributed by atoms with E-state index in [0.717, 1.165) is 5.56 Å². The average Bonchev–Trinajstić information content (AvgIpc) is 2.74. The molecule has 8 nitrogen and oxygen atoms in total. The molecule has 0 fully saturated rings. The number of alkyl carbamates (subject to hydrolysis) is 1. The van der Waals surface area contributed by atoms with E-state index >= 15 is 0 Å². The summed E-state index contributed by atoms with van der Waals surface area (Å²) in [5.74, 6) is -2.14. The maximum atomic E-state index is 13.4. The van der Waals surface area contributed by atoms with Crippen molar-refractivity contribution in [1.82, 2.24) is 5.32 Å². The molecule has 198 valence electrons. The number of hydrogen-bond acceptors (Lipinski definition) is 7. The van der Waals surface area contributed by atoms with Crippen molar-refractivity contribution in [1.29, 1.82) is 0 Å². The van der Waals surface area contributed by atoms with Gasteiger partial charge in [0, 0.05) is 19.6 Å². The van der Waals surface area contributed by atoms with Crippen LogP contribution in [0.2, 0.25) is 0 Å². The SMILES string of the molecule is COCC[C@H](Cc1ccc(F)cc1)[C@@H](OC(=O)C(C)C)[C@H](C)OC(=O)[C@H](C)NC(=O)OC(C)(C)C. The van der Waals surface area contributed by atoms with Crippen molar-refractivity contribution in [2.45, 2.75) is 85.2 Å². The Hall–Kier alpha value is -2.68. The lowest BCUT2D eigenvalue weighted by atomic mass is 9.88. The predicted octanol–water partition coefficient (Wildman–Crippen LogP) is 4.43. The van der Waals surface area contributed by atoms with Crippen LogP contribution in [0.3, 0.4) is 0 Å². The number of amides is 1. The molecule has 0 aromatic heterocycles. The number of benzene rings is 1. The summed E-state index contributed by atoms with van der Waals surface area (Å²) in [7, 11) is 1.57. The Morgan fingerprint density at radius 2 is 1.57 bits per heavy atom. The molecule has 4 atom stereocenters. The largest absolute Gasteiger partial charge is 0.458 e. The van der Waals surface area contributed by atoms with Crippen LogP contribution in [-0.4, -0.2) is 55.6 Å². The molecule has 1 aromatic rings. The van der Waals surface area contributed by atoms with Gasteiger partial charge in [-0.05, 0) is 65.2 Å². The first-order valence-corrected chi connectivity index (χ1v) is 11.9. The fourth-order valence-corrected chi connectivity index (χ4v) is 3.32. The monoisotopic (exact) mass is 497 g/mol. The van der Waals surface area contributed by atoms with E-state index in [4.69, 9.17) is 18.9 Å². The van der Waals surface area contributed by atoms with Gasteiger partial charge in [-0.15, -0.1) is 0 Å². The second-order valence-electron chi connectivity index (χ2n) is 9.94. The van der Waals surface area contributed by atoms with E-state index in [2.05, 4.69) is 5.32 Å². The maximum Gasteiger partial charge on any atom is 0.408 e. The Morgan fingerprint density at radius 3 is 2.09 bits per heavy atom. The highest BCUT2D eigenvalue weighted by atomic mass is 19.1. The summed E-state index contributed by atoms with van der Waals surface area (Å²) < 4.78 is 35.2. The van der Waals surface area contributed by atoms with Crippen LogP contribution in [0.4, 0.5) is 9.18 Å². The van der Waals surface area contributed by atoms with Crippen LogP contribution < -0.4 is 5.32 Å². The lowest BCUT2D eigenvalue weighted by molar-refractivity contribution is -0.175. The Bertz CT molecular complexity index is 820. The zero-order valence-corrected chi connectivity index (χ0v) is 22.1. The fourth-order valence-electron chi connectivity index (χ4n) is 3.32. The third kappa shape index (κ3) is 11.5. The quantitative estimate of drug-likeness (QED) is 0.337. The van der Waals surface area contributed by atoms with Gasteiger partial charge in [0.1, 0.15) is 29.7 Å². The van der Waals surface area contributed by atoms with Gasteiger partial charge >= 0.3 is 18.0 Å². The number of hydrogen-bond donors (Lipinski definition) is 1. The number of esters is 2. The zero-order chi connectivity index (χ0) is 26.8. The smallest absolute Gasteiger partial charge is 0.408 e. The first-order chi connectivity index (χ1) is 16.2. The van der Waals surface area contributed by atoms with Crippen molar-refractivity contribution in [3.8, 4) is 0 Å². The Kier molecular flexibility index (Phi) is 12.2. The van der Waals surface area contributed by atoms with Gasteiger partial charge in [0.2, 0.25) is 0 Å². The van der Waals surface area contributed by atoms with Crippen LogP contribution in [0.1, 0.15) is 60.5 Å². The van der Waals surface area contributed by atoms with Crippen LogP contribution in [0.25, 0.3) is 0 Å². The number of carbonyl (C=O) groups excluding carboxylic acids is 3. The van der Waals surface area contributed by atoms with E-state index in [0.29, 0.717) is 19.4 Å². The van der Waals surface area contributed by atoms with Crippen LogP contribution in [0.15, 0.2) is 24.3 Å². The molecule has 1 amide bonds. The molecule has 0 heterocycles. The summed E-state index contributed by atoms with van der Waals surface area (Å²) in [5, 5.41) is 2.45. The number of methoxy groups -OCH3 is 1. The number of halogens is 1. The van der Waals surface area contributed by atoms with Crippen LogP contribution in [0, 0.1) is 17.7 Å². The van der Waals surface area contributed by atoms with Gasteiger partial charge < -0.3 is 24.3 Å². The van der Waals surface area contributed by atoms with E-state index in [-0.39, 0.29) is 17.7 Å². The first kappa shape index (κ1) is 30.4. The Labute approximate surface area is 207 Å². The van der Waals surface area contributed by atoms with E-state index in [1.54, 1.807) is 60.8 Å². The lowest BCUT2D eigenvalue weighted by Gasteiger charge is -2.32. The summed E-state index contributed by atoms with van der Waals surface area (Å²) in [6.45, 7) is 12.1. The Morgan fingerprint density at radius 1 is 0.971 bits per heavy atom. The minimum Gasteiger partial charge on any atom is -0.458 e. The van der Waals surface area contributed by atoms with Gasteiger partial charge in [0.15, 0.2) is 0 Å². The molecule has 1 N–H and O–H groups in total. The standard InChI is InChI=1S/C26H40FNO7/c1-16(2)23(29)34-22(20(13-14-32-8)15-19-9-11-21(27)12-10-19)18(4)33-24(30)17(3)28-25(31)35-26(5,6)7/h9-12,16-18,20,22H,13-15H2,1-8H3,(H,28,31)/t17-,18-,20+,22-/m0/s1. The number of nitrogens with one attached hydrogen (secondary N) is 1. The van der Waals surface area contributed by atoms with E-state index in [9.17, 15) is 18.8 Å². The van der Waals surface area contributed by atoms with Gasteiger partial charge in [-0.2, -0.15) is 0 Å². The maximum absolute atomic E-state index is 13.4. The zero-order valence-electron chi connectivity index (χ0n) is 22.1. The predicted molar refractivity (Wildman–Crippen MR) is 129 cm³/mol. The fraction of sp³-hybridized carbons (Fsp3) is 0.654. The molecule has 0 spiro atoms. The molecule has 0 bridgehead atoms. The van der Waals surface area contributed by atoms with Crippen molar-refractivity contribution in [3.05, 3.63) is 35.6 Å². The molecular formula is C26H40FNO7. The van der Waals surface area contributed by atoms with Crippen LogP contribution in [0.5, 0.6) is 0 Å². The third-order valence-corrected chi connectivity index (χ3v) is 5.14. The average molecular weight is 498 g/mol. The molecule has 0 aliphatic heterocycles. The third-order valence-electron chi connectivity index (χ3n) is 5.14. The molecule has 1 rings (SSSR count). The molecule has 35 heavy (non-hydrogen) atoms. The van der Waals surface area contributed by atoms with Crippen molar-refractivity contribution < 1.29 is 37.7 Å². The summed E-state index contributed by atoms with van der Waals surface area (Å²) in [6.07, 6.45) is -1.39. The first-order valence-electron chi connectivity index (χ1n) is 11.9. The molecule has 0 unspecified atom stereocenters. The van der Waals surface area contributed by atoms with E-state index < -0.39 is 41.9 Å². The number of carbonyl (C=O) groups is 3. The summed E-state index contributed by atoms with van der Waals surface area (Å²) in [4.78, 5) is 37.2. The molecule has 0 radical (unpaired) electrons. The second kappa shape index (κ2) is 14.0. The molecule has 1 aromatic carbocycles. The molecule has 0 saturated heterocycles. The number of ether oxygens (including phenoxy) is 4. The second-order valence-corrected chi connectivity index (χ2v) is 9.94. The normalized spacial score (nSPS) is 15.0. The molecular weight excluding hydrogens is 457 g/mol. The van der Waals surface area contributed by atoms with E-state index in [1.165, 1.54) is 19.1 Å². The van der Waals surface area contributed by atoms with Crippen molar-refractivity contribution >= 4 is 18.0 Å². The van der Waals surface area contributed by atoms with Gasteiger partial charge in [-0.3, -0.25) is 4.79 Å². The minimum absolute atomic E-state index is 0.278. The molecule has 0 aliphatic carbocycles.